The quantitative estimate of drug-likeness (QED) is 0.470. The fourth-order valence-electron chi connectivity index (χ4n) is 3.21. The molecule has 120 valence electrons. The number of pyridine rings is 1. The van der Waals surface area contributed by atoms with Gasteiger partial charge in [0.15, 0.2) is 5.78 Å². The van der Waals surface area contributed by atoms with Gasteiger partial charge in [-0.05, 0) is 18.6 Å². The van der Waals surface area contributed by atoms with Gasteiger partial charge in [-0.2, -0.15) is 0 Å². The lowest BCUT2D eigenvalue weighted by molar-refractivity contribution is 0.103. The van der Waals surface area contributed by atoms with Crippen molar-refractivity contribution in [2.75, 3.05) is 0 Å². The molecule has 1 heterocycles. The van der Waals surface area contributed by atoms with Gasteiger partial charge in [-0.25, -0.2) is 4.98 Å². The van der Waals surface area contributed by atoms with Crippen LogP contribution in [-0.2, 0) is 0 Å². The maximum absolute atomic E-state index is 13.2. The molecule has 0 aliphatic rings. The SMILES string of the molecule is Cc1c(-c2ccccc2)nc2ccccc2c1C(=O)c1ccccc1. The van der Waals surface area contributed by atoms with Crippen LogP contribution in [0.25, 0.3) is 22.2 Å². The van der Waals surface area contributed by atoms with Gasteiger partial charge in [-0.15, -0.1) is 0 Å². The van der Waals surface area contributed by atoms with Crippen molar-refractivity contribution in [3.63, 3.8) is 0 Å². The summed E-state index contributed by atoms with van der Waals surface area (Å²) < 4.78 is 0. The molecule has 0 N–H and O–H groups in total. The zero-order chi connectivity index (χ0) is 17.2. The maximum Gasteiger partial charge on any atom is 0.194 e. The van der Waals surface area contributed by atoms with E-state index in [0.29, 0.717) is 5.56 Å². The second kappa shape index (κ2) is 6.33. The minimum Gasteiger partial charge on any atom is -0.289 e. The van der Waals surface area contributed by atoms with E-state index in [-0.39, 0.29) is 5.78 Å². The van der Waals surface area contributed by atoms with Gasteiger partial charge in [0.2, 0.25) is 0 Å². The molecular formula is C23H17NO. The molecule has 3 aromatic carbocycles. The normalized spacial score (nSPS) is 10.8. The molecule has 4 aromatic rings. The molecule has 1 aromatic heterocycles. The van der Waals surface area contributed by atoms with Crippen LogP contribution in [0.1, 0.15) is 21.5 Å². The smallest absolute Gasteiger partial charge is 0.194 e. The van der Waals surface area contributed by atoms with Crippen molar-refractivity contribution in [3.05, 3.63) is 102 Å². The Labute approximate surface area is 146 Å². The minimum absolute atomic E-state index is 0.0360. The summed E-state index contributed by atoms with van der Waals surface area (Å²) in [5.74, 6) is 0.0360. The van der Waals surface area contributed by atoms with E-state index >= 15 is 0 Å². The van der Waals surface area contributed by atoms with Crippen molar-refractivity contribution in [1.82, 2.24) is 4.98 Å². The van der Waals surface area contributed by atoms with E-state index in [1.54, 1.807) is 0 Å². The van der Waals surface area contributed by atoms with Crippen molar-refractivity contribution < 1.29 is 4.79 Å². The average Bonchev–Trinajstić information content (AvgIpc) is 2.68. The molecule has 0 aliphatic carbocycles. The van der Waals surface area contributed by atoms with Crippen LogP contribution in [0.15, 0.2) is 84.9 Å². The monoisotopic (exact) mass is 323 g/mol. The van der Waals surface area contributed by atoms with Crippen molar-refractivity contribution in [3.8, 4) is 11.3 Å². The first-order chi connectivity index (χ1) is 12.3. The first kappa shape index (κ1) is 15.3. The molecule has 4 rings (SSSR count). The number of para-hydroxylation sites is 1. The second-order valence-corrected chi connectivity index (χ2v) is 6.04. The highest BCUT2D eigenvalue weighted by molar-refractivity contribution is 6.17. The molecule has 2 nitrogen and oxygen atoms in total. The van der Waals surface area contributed by atoms with Crippen LogP contribution in [0.2, 0.25) is 0 Å². The lowest BCUT2D eigenvalue weighted by atomic mass is 9.92. The Hall–Kier alpha value is -3.26. The van der Waals surface area contributed by atoms with Crippen molar-refractivity contribution in [2.24, 2.45) is 0 Å². The van der Waals surface area contributed by atoms with Gasteiger partial charge in [0, 0.05) is 22.1 Å². The van der Waals surface area contributed by atoms with Crippen molar-refractivity contribution in [2.45, 2.75) is 6.92 Å². The average molecular weight is 323 g/mol. The molecule has 0 unspecified atom stereocenters. The molecule has 0 aliphatic heterocycles. The second-order valence-electron chi connectivity index (χ2n) is 6.04. The van der Waals surface area contributed by atoms with Crippen LogP contribution < -0.4 is 0 Å². The van der Waals surface area contributed by atoms with Gasteiger partial charge in [0.05, 0.1) is 11.2 Å². The lowest BCUT2D eigenvalue weighted by Gasteiger charge is -2.14. The molecule has 2 heteroatoms. The highest BCUT2D eigenvalue weighted by Crippen LogP contribution is 2.31. The third-order valence-corrected chi connectivity index (χ3v) is 4.45. The molecule has 25 heavy (non-hydrogen) atoms. The Morgan fingerprint density at radius 3 is 2.08 bits per heavy atom. The number of benzene rings is 3. The number of fused-ring (bicyclic) bond motifs is 1. The zero-order valence-corrected chi connectivity index (χ0v) is 13.9. The molecule has 0 atom stereocenters. The van der Waals surface area contributed by atoms with Gasteiger partial charge in [-0.3, -0.25) is 4.79 Å². The summed E-state index contributed by atoms with van der Waals surface area (Å²) in [4.78, 5) is 18.1. The molecule has 0 saturated carbocycles. The van der Waals surface area contributed by atoms with E-state index in [9.17, 15) is 4.79 Å². The van der Waals surface area contributed by atoms with E-state index in [1.165, 1.54) is 0 Å². The van der Waals surface area contributed by atoms with E-state index in [1.807, 2.05) is 91.9 Å². The van der Waals surface area contributed by atoms with Gasteiger partial charge in [0.25, 0.3) is 0 Å². The Balaban J connectivity index is 2.02. The largest absolute Gasteiger partial charge is 0.289 e. The zero-order valence-electron chi connectivity index (χ0n) is 13.9. The lowest BCUT2D eigenvalue weighted by Crippen LogP contribution is -2.07. The van der Waals surface area contributed by atoms with Crippen LogP contribution in [0.4, 0.5) is 0 Å². The van der Waals surface area contributed by atoms with Crippen LogP contribution in [-0.4, -0.2) is 10.8 Å². The summed E-state index contributed by atoms with van der Waals surface area (Å²) >= 11 is 0. The minimum atomic E-state index is 0.0360. The van der Waals surface area contributed by atoms with E-state index in [2.05, 4.69) is 0 Å². The van der Waals surface area contributed by atoms with Gasteiger partial charge < -0.3 is 0 Å². The Morgan fingerprint density at radius 1 is 0.760 bits per heavy atom. The predicted octanol–water partition coefficient (Wildman–Crippen LogP) is 5.44. The molecule has 0 bridgehead atoms. The summed E-state index contributed by atoms with van der Waals surface area (Å²) in [5.41, 5.74) is 5.06. The molecule has 0 saturated heterocycles. The highest BCUT2D eigenvalue weighted by Gasteiger charge is 2.19. The summed E-state index contributed by atoms with van der Waals surface area (Å²) in [6.45, 7) is 1.98. The first-order valence-corrected chi connectivity index (χ1v) is 8.30. The molecule has 0 fully saturated rings. The highest BCUT2D eigenvalue weighted by atomic mass is 16.1. The fourth-order valence-corrected chi connectivity index (χ4v) is 3.21. The number of aromatic nitrogens is 1. The Bertz CT molecular complexity index is 1050. The summed E-state index contributed by atoms with van der Waals surface area (Å²) in [7, 11) is 0. The third-order valence-electron chi connectivity index (χ3n) is 4.45. The van der Waals surface area contributed by atoms with Gasteiger partial charge in [0.1, 0.15) is 0 Å². The molecular weight excluding hydrogens is 306 g/mol. The number of hydrogen-bond acceptors (Lipinski definition) is 2. The number of carbonyl (C=O) groups excluding carboxylic acids is 1. The number of ketones is 1. The van der Waals surface area contributed by atoms with Crippen LogP contribution in [0, 0.1) is 6.92 Å². The van der Waals surface area contributed by atoms with E-state index in [4.69, 9.17) is 4.98 Å². The first-order valence-electron chi connectivity index (χ1n) is 8.30. The Kier molecular flexibility index (Phi) is 3.87. The topological polar surface area (TPSA) is 30.0 Å². The number of rotatable bonds is 3. The standard InChI is InChI=1S/C23H17NO/c1-16-21(23(25)18-12-6-3-7-13-18)19-14-8-9-15-20(19)24-22(16)17-10-4-2-5-11-17/h2-15H,1H3. The van der Waals surface area contributed by atoms with Crippen LogP contribution in [0.5, 0.6) is 0 Å². The summed E-state index contributed by atoms with van der Waals surface area (Å²) in [6.07, 6.45) is 0. The van der Waals surface area contributed by atoms with Crippen LogP contribution in [0.3, 0.4) is 0 Å². The van der Waals surface area contributed by atoms with E-state index < -0.39 is 0 Å². The maximum atomic E-state index is 13.2. The molecule has 0 radical (unpaired) electrons. The van der Waals surface area contributed by atoms with Gasteiger partial charge >= 0.3 is 0 Å². The van der Waals surface area contributed by atoms with E-state index in [0.717, 1.165) is 33.3 Å². The van der Waals surface area contributed by atoms with Crippen molar-refractivity contribution >= 4 is 16.7 Å². The Morgan fingerprint density at radius 2 is 1.36 bits per heavy atom. The number of carbonyl (C=O) groups is 1. The third kappa shape index (κ3) is 2.72. The molecule has 0 spiro atoms. The predicted molar refractivity (Wildman–Crippen MR) is 102 cm³/mol. The van der Waals surface area contributed by atoms with Crippen LogP contribution >= 0.6 is 0 Å². The summed E-state index contributed by atoms with van der Waals surface area (Å²) in [5, 5.41) is 0.897. The number of nitrogens with zero attached hydrogens (tertiary/aromatic N) is 1. The van der Waals surface area contributed by atoms with Gasteiger partial charge in [-0.1, -0.05) is 78.9 Å². The van der Waals surface area contributed by atoms with Crippen molar-refractivity contribution in [1.29, 1.82) is 0 Å². The number of hydrogen-bond donors (Lipinski definition) is 0. The molecule has 0 amide bonds. The fraction of sp³-hybridized carbons (Fsp3) is 0.0435. The summed E-state index contributed by atoms with van der Waals surface area (Å²) in [6, 6.07) is 27.3.